The molecule has 0 atom stereocenters. The molecule has 0 aromatic heterocycles. The zero-order valence-corrected chi connectivity index (χ0v) is 11.0. The number of likely N-dealkylation sites (tertiary alicyclic amines) is 1. The molecule has 0 amide bonds. The summed E-state index contributed by atoms with van der Waals surface area (Å²) in [5.41, 5.74) is 0.128. The molecule has 0 aliphatic carbocycles. The summed E-state index contributed by atoms with van der Waals surface area (Å²) in [6.45, 7) is 9.64. The van der Waals surface area contributed by atoms with Gasteiger partial charge >= 0.3 is 0 Å². The van der Waals surface area contributed by atoms with Crippen LogP contribution in [0.4, 0.5) is 0 Å². The summed E-state index contributed by atoms with van der Waals surface area (Å²) >= 11 is 0. The maximum atomic E-state index is 9.30. The molecule has 0 aromatic rings. The average Bonchev–Trinajstić information content (AvgIpc) is 2.73. The fourth-order valence-corrected chi connectivity index (χ4v) is 2.68. The van der Waals surface area contributed by atoms with E-state index in [0.29, 0.717) is 5.41 Å². The Balaban J connectivity index is 2.53. The van der Waals surface area contributed by atoms with E-state index in [-0.39, 0.29) is 18.6 Å². The molecule has 1 aliphatic rings. The van der Waals surface area contributed by atoms with Gasteiger partial charge in [0.05, 0.1) is 13.2 Å². The van der Waals surface area contributed by atoms with Crippen molar-refractivity contribution in [3.05, 3.63) is 0 Å². The van der Waals surface area contributed by atoms with Crippen LogP contribution in [0.1, 0.15) is 40.0 Å². The Morgan fingerprint density at radius 3 is 2.12 bits per heavy atom. The van der Waals surface area contributed by atoms with E-state index in [1.165, 1.54) is 19.3 Å². The molecule has 1 rings (SSSR count). The topological polar surface area (TPSA) is 43.7 Å². The van der Waals surface area contributed by atoms with Crippen molar-refractivity contribution >= 4 is 0 Å². The number of nitrogens with zero attached hydrogens (tertiary/aromatic N) is 1. The lowest BCUT2D eigenvalue weighted by molar-refractivity contribution is 0.0380. The lowest BCUT2D eigenvalue weighted by Crippen LogP contribution is -2.40. The first-order chi connectivity index (χ1) is 7.53. The third-order valence-corrected chi connectivity index (χ3v) is 4.39. The maximum Gasteiger partial charge on any atom is 0.0519 e. The SMILES string of the molecule is CCC1(CC)CCN(CC(C)(CO)CO)C1. The third kappa shape index (κ3) is 2.96. The molecular weight excluding hydrogens is 202 g/mol. The van der Waals surface area contributed by atoms with Gasteiger partial charge in [-0.15, -0.1) is 0 Å². The molecule has 1 saturated heterocycles. The smallest absolute Gasteiger partial charge is 0.0519 e. The molecule has 3 heteroatoms. The quantitative estimate of drug-likeness (QED) is 0.725. The minimum Gasteiger partial charge on any atom is -0.396 e. The highest BCUT2D eigenvalue weighted by molar-refractivity contribution is 4.90. The van der Waals surface area contributed by atoms with Gasteiger partial charge in [0.15, 0.2) is 0 Å². The van der Waals surface area contributed by atoms with Crippen molar-refractivity contribution in [2.75, 3.05) is 32.8 Å². The van der Waals surface area contributed by atoms with Crippen LogP contribution in [-0.2, 0) is 0 Å². The molecule has 0 unspecified atom stereocenters. The predicted molar refractivity (Wildman–Crippen MR) is 66.4 cm³/mol. The van der Waals surface area contributed by atoms with Gasteiger partial charge in [0.2, 0.25) is 0 Å². The molecule has 1 fully saturated rings. The Kier molecular flexibility index (Phi) is 4.77. The number of rotatable bonds is 6. The maximum absolute atomic E-state index is 9.30. The monoisotopic (exact) mass is 229 g/mol. The van der Waals surface area contributed by atoms with E-state index in [1.54, 1.807) is 0 Å². The van der Waals surface area contributed by atoms with Crippen LogP contribution < -0.4 is 0 Å². The van der Waals surface area contributed by atoms with E-state index in [4.69, 9.17) is 0 Å². The fourth-order valence-electron chi connectivity index (χ4n) is 2.68. The molecule has 2 N–H and O–H groups in total. The minimum atomic E-state index is -0.350. The van der Waals surface area contributed by atoms with E-state index in [0.717, 1.165) is 19.6 Å². The number of aliphatic hydroxyl groups is 2. The Bertz CT molecular complexity index is 210. The van der Waals surface area contributed by atoms with Gasteiger partial charge in [-0.1, -0.05) is 20.8 Å². The van der Waals surface area contributed by atoms with Crippen LogP contribution in [0.3, 0.4) is 0 Å². The minimum absolute atomic E-state index is 0.0608. The van der Waals surface area contributed by atoms with Crippen molar-refractivity contribution < 1.29 is 10.2 Å². The molecule has 0 saturated carbocycles. The average molecular weight is 229 g/mol. The molecule has 0 radical (unpaired) electrons. The van der Waals surface area contributed by atoms with Crippen molar-refractivity contribution in [1.29, 1.82) is 0 Å². The van der Waals surface area contributed by atoms with E-state index < -0.39 is 0 Å². The van der Waals surface area contributed by atoms with Gasteiger partial charge in [-0.3, -0.25) is 0 Å². The van der Waals surface area contributed by atoms with Crippen LogP contribution in [0.5, 0.6) is 0 Å². The van der Waals surface area contributed by atoms with Crippen molar-refractivity contribution in [3.8, 4) is 0 Å². The lowest BCUT2D eigenvalue weighted by atomic mass is 9.82. The second-order valence-electron chi connectivity index (χ2n) is 5.79. The van der Waals surface area contributed by atoms with Gasteiger partial charge in [-0.25, -0.2) is 0 Å². The van der Waals surface area contributed by atoms with Crippen LogP contribution in [0, 0.1) is 10.8 Å². The Morgan fingerprint density at radius 2 is 1.75 bits per heavy atom. The number of aliphatic hydroxyl groups excluding tert-OH is 2. The van der Waals surface area contributed by atoms with Crippen LogP contribution in [-0.4, -0.2) is 48.0 Å². The van der Waals surface area contributed by atoms with E-state index in [2.05, 4.69) is 18.7 Å². The second-order valence-corrected chi connectivity index (χ2v) is 5.79. The highest BCUT2D eigenvalue weighted by Gasteiger charge is 2.37. The molecule has 3 nitrogen and oxygen atoms in total. The van der Waals surface area contributed by atoms with Crippen molar-refractivity contribution in [2.24, 2.45) is 10.8 Å². The van der Waals surface area contributed by atoms with Crippen LogP contribution in [0.15, 0.2) is 0 Å². The van der Waals surface area contributed by atoms with Gasteiger partial charge in [0.25, 0.3) is 0 Å². The van der Waals surface area contributed by atoms with E-state index in [1.807, 2.05) is 6.92 Å². The first kappa shape index (κ1) is 13.9. The summed E-state index contributed by atoms with van der Waals surface area (Å²) in [6, 6.07) is 0. The molecule has 0 aromatic carbocycles. The molecule has 96 valence electrons. The van der Waals surface area contributed by atoms with Crippen molar-refractivity contribution in [2.45, 2.75) is 40.0 Å². The van der Waals surface area contributed by atoms with Crippen LogP contribution >= 0.6 is 0 Å². The summed E-state index contributed by atoms with van der Waals surface area (Å²) in [5, 5.41) is 18.6. The van der Waals surface area contributed by atoms with Gasteiger partial charge in [0.1, 0.15) is 0 Å². The van der Waals surface area contributed by atoms with E-state index in [9.17, 15) is 10.2 Å². The fraction of sp³-hybridized carbons (Fsp3) is 1.00. The van der Waals surface area contributed by atoms with Crippen molar-refractivity contribution in [1.82, 2.24) is 4.90 Å². The lowest BCUT2D eigenvalue weighted by Gasteiger charge is -2.32. The van der Waals surface area contributed by atoms with Crippen LogP contribution in [0.2, 0.25) is 0 Å². The Hall–Kier alpha value is -0.120. The van der Waals surface area contributed by atoms with Crippen LogP contribution in [0.25, 0.3) is 0 Å². The molecule has 16 heavy (non-hydrogen) atoms. The number of hydrogen-bond donors (Lipinski definition) is 2. The zero-order chi connectivity index (χ0) is 12.2. The summed E-state index contributed by atoms with van der Waals surface area (Å²) in [5.74, 6) is 0. The largest absolute Gasteiger partial charge is 0.396 e. The first-order valence-corrected chi connectivity index (χ1v) is 6.47. The zero-order valence-electron chi connectivity index (χ0n) is 11.0. The highest BCUT2D eigenvalue weighted by atomic mass is 16.3. The van der Waals surface area contributed by atoms with E-state index >= 15 is 0 Å². The second kappa shape index (κ2) is 5.48. The third-order valence-electron chi connectivity index (χ3n) is 4.39. The van der Waals surface area contributed by atoms with Crippen molar-refractivity contribution in [3.63, 3.8) is 0 Å². The summed E-state index contributed by atoms with van der Waals surface area (Å²) < 4.78 is 0. The highest BCUT2D eigenvalue weighted by Crippen LogP contribution is 2.37. The number of hydrogen-bond acceptors (Lipinski definition) is 3. The summed E-state index contributed by atoms with van der Waals surface area (Å²) in [6.07, 6.45) is 3.72. The summed E-state index contributed by atoms with van der Waals surface area (Å²) in [7, 11) is 0. The normalized spacial score (nSPS) is 21.6. The molecule has 0 spiro atoms. The van der Waals surface area contributed by atoms with Gasteiger partial charge in [-0.2, -0.15) is 0 Å². The molecule has 1 heterocycles. The molecule has 1 aliphatic heterocycles. The molecular formula is C13H27NO2. The first-order valence-electron chi connectivity index (χ1n) is 6.47. The molecule has 0 bridgehead atoms. The van der Waals surface area contributed by atoms with Gasteiger partial charge in [-0.05, 0) is 31.2 Å². The van der Waals surface area contributed by atoms with Gasteiger partial charge < -0.3 is 15.1 Å². The summed E-state index contributed by atoms with van der Waals surface area (Å²) in [4.78, 5) is 2.40. The predicted octanol–water partition coefficient (Wildman–Crippen LogP) is 1.49. The Morgan fingerprint density at radius 1 is 1.19 bits per heavy atom. The standard InChI is InChI=1S/C13H27NO2/c1-4-13(5-2)6-7-14(9-13)8-12(3,10-15)11-16/h15-16H,4-11H2,1-3H3. The Labute approximate surface area is 99.5 Å². The van der Waals surface area contributed by atoms with Gasteiger partial charge in [0, 0.05) is 18.5 Å².